The molecule has 0 aromatic heterocycles. The molecular weight excluding hydrogens is 146 g/mol. The molecule has 1 saturated carbocycles. The molecule has 11 heavy (non-hydrogen) atoms. The lowest BCUT2D eigenvalue weighted by molar-refractivity contribution is -0.173. The summed E-state index contributed by atoms with van der Waals surface area (Å²) >= 11 is 0. The van der Waals surface area contributed by atoms with Gasteiger partial charge in [-0.05, 0) is 11.3 Å². The van der Waals surface area contributed by atoms with Crippen molar-refractivity contribution in [3.63, 3.8) is 0 Å². The Morgan fingerprint density at radius 1 is 1.36 bits per heavy atom. The summed E-state index contributed by atoms with van der Waals surface area (Å²) in [6.45, 7) is 6.10. The molecule has 0 aromatic carbocycles. The van der Waals surface area contributed by atoms with E-state index in [1.165, 1.54) is 0 Å². The van der Waals surface area contributed by atoms with E-state index in [0.717, 1.165) is 6.42 Å². The largest absolute Gasteiger partial charge is 0.249 e. The van der Waals surface area contributed by atoms with Gasteiger partial charge in [0.2, 0.25) is 5.92 Å². The Kier molecular flexibility index (Phi) is 1.97. The Labute approximate surface area is 67.0 Å². The SMILES string of the molecule is CCC(C)C1(C)CC(F)(F)C1. The minimum atomic E-state index is -2.36. The Hall–Kier alpha value is -0.140. The zero-order chi connectivity index (χ0) is 8.70. The highest BCUT2D eigenvalue weighted by atomic mass is 19.3. The Bertz CT molecular complexity index is 144. The van der Waals surface area contributed by atoms with Crippen LogP contribution in [0.15, 0.2) is 0 Å². The first-order chi connectivity index (χ1) is 4.90. The zero-order valence-corrected chi connectivity index (χ0v) is 7.45. The van der Waals surface area contributed by atoms with Crippen molar-refractivity contribution in [1.82, 2.24) is 0 Å². The number of hydrogen-bond donors (Lipinski definition) is 0. The Morgan fingerprint density at radius 2 is 1.82 bits per heavy atom. The molecule has 2 heteroatoms. The zero-order valence-electron chi connectivity index (χ0n) is 7.45. The quantitative estimate of drug-likeness (QED) is 0.583. The summed E-state index contributed by atoms with van der Waals surface area (Å²) in [6, 6.07) is 0. The summed E-state index contributed by atoms with van der Waals surface area (Å²) in [5, 5.41) is 0. The molecule has 0 nitrogen and oxygen atoms in total. The molecule has 0 amide bonds. The maximum absolute atomic E-state index is 12.5. The van der Waals surface area contributed by atoms with E-state index in [9.17, 15) is 8.78 Å². The second-order valence-electron chi connectivity index (χ2n) is 4.17. The van der Waals surface area contributed by atoms with E-state index in [4.69, 9.17) is 0 Å². The van der Waals surface area contributed by atoms with Crippen LogP contribution in [0.5, 0.6) is 0 Å². The van der Waals surface area contributed by atoms with Gasteiger partial charge in [-0.2, -0.15) is 0 Å². The molecule has 0 aromatic rings. The average Bonchev–Trinajstić information content (AvgIpc) is 1.81. The second kappa shape index (κ2) is 2.43. The number of halogens is 2. The van der Waals surface area contributed by atoms with Gasteiger partial charge in [0.1, 0.15) is 0 Å². The molecule has 1 unspecified atom stereocenters. The first-order valence-corrected chi connectivity index (χ1v) is 4.27. The van der Waals surface area contributed by atoms with Gasteiger partial charge in [0.25, 0.3) is 0 Å². The lowest BCUT2D eigenvalue weighted by Gasteiger charge is -2.48. The van der Waals surface area contributed by atoms with Crippen molar-refractivity contribution < 1.29 is 8.78 Å². The number of alkyl halides is 2. The van der Waals surface area contributed by atoms with Crippen LogP contribution in [0.25, 0.3) is 0 Å². The Balaban J connectivity index is 2.49. The van der Waals surface area contributed by atoms with Gasteiger partial charge in [-0.25, -0.2) is 8.78 Å². The maximum Gasteiger partial charge on any atom is 0.249 e. The molecule has 0 N–H and O–H groups in total. The highest BCUT2D eigenvalue weighted by Crippen LogP contribution is 2.56. The molecule has 1 aliphatic carbocycles. The highest BCUT2D eigenvalue weighted by Gasteiger charge is 2.55. The Morgan fingerprint density at radius 3 is 2.09 bits per heavy atom. The number of hydrogen-bond acceptors (Lipinski definition) is 0. The minimum absolute atomic E-state index is 0.0851. The van der Waals surface area contributed by atoms with Gasteiger partial charge in [-0.15, -0.1) is 0 Å². The van der Waals surface area contributed by atoms with Crippen molar-refractivity contribution in [2.45, 2.75) is 46.0 Å². The van der Waals surface area contributed by atoms with Crippen molar-refractivity contribution in [1.29, 1.82) is 0 Å². The van der Waals surface area contributed by atoms with E-state index in [2.05, 4.69) is 13.8 Å². The van der Waals surface area contributed by atoms with Crippen LogP contribution in [0.3, 0.4) is 0 Å². The standard InChI is InChI=1S/C9H16F2/c1-4-7(2)8(3)5-9(10,11)6-8/h7H,4-6H2,1-3H3. The van der Waals surface area contributed by atoms with Crippen LogP contribution in [0.1, 0.15) is 40.0 Å². The molecular formula is C9H16F2. The summed E-state index contributed by atoms with van der Waals surface area (Å²) in [4.78, 5) is 0. The number of rotatable bonds is 2. The topological polar surface area (TPSA) is 0 Å². The van der Waals surface area contributed by atoms with Crippen molar-refractivity contribution in [3.05, 3.63) is 0 Å². The predicted octanol–water partition coefficient (Wildman–Crippen LogP) is 3.47. The van der Waals surface area contributed by atoms with Gasteiger partial charge in [-0.3, -0.25) is 0 Å². The molecule has 0 aliphatic heterocycles. The van der Waals surface area contributed by atoms with E-state index in [1.54, 1.807) is 0 Å². The van der Waals surface area contributed by atoms with Gasteiger partial charge in [0.05, 0.1) is 0 Å². The molecule has 1 aliphatic rings. The van der Waals surface area contributed by atoms with Crippen molar-refractivity contribution in [2.24, 2.45) is 11.3 Å². The summed E-state index contributed by atoms with van der Waals surface area (Å²) < 4.78 is 25.1. The first kappa shape index (κ1) is 8.95. The summed E-state index contributed by atoms with van der Waals surface area (Å²) in [5.41, 5.74) is -0.0851. The van der Waals surface area contributed by atoms with Gasteiger partial charge in [0, 0.05) is 12.8 Å². The molecule has 1 fully saturated rings. The van der Waals surface area contributed by atoms with Crippen LogP contribution >= 0.6 is 0 Å². The van der Waals surface area contributed by atoms with Gasteiger partial charge in [0.15, 0.2) is 0 Å². The molecule has 0 bridgehead atoms. The van der Waals surface area contributed by atoms with Gasteiger partial charge < -0.3 is 0 Å². The molecule has 0 radical (unpaired) electrons. The lowest BCUT2D eigenvalue weighted by Crippen LogP contribution is -2.47. The van der Waals surface area contributed by atoms with E-state index >= 15 is 0 Å². The van der Waals surface area contributed by atoms with Crippen LogP contribution in [0.4, 0.5) is 8.78 Å². The minimum Gasteiger partial charge on any atom is -0.207 e. The monoisotopic (exact) mass is 162 g/mol. The third-order valence-corrected chi connectivity index (χ3v) is 3.13. The van der Waals surface area contributed by atoms with Crippen LogP contribution < -0.4 is 0 Å². The summed E-state index contributed by atoms with van der Waals surface area (Å²) in [5.74, 6) is -1.93. The molecule has 0 spiro atoms. The van der Waals surface area contributed by atoms with Gasteiger partial charge >= 0.3 is 0 Å². The molecule has 1 rings (SSSR count). The summed E-state index contributed by atoms with van der Waals surface area (Å²) in [7, 11) is 0. The smallest absolute Gasteiger partial charge is 0.207 e. The average molecular weight is 162 g/mol. The molecule has 0 saturated heterocycles. The van der Waals surface area contributed by atoms with E-state index in [0.29, 0.717) is 5.92 Å². The van der Waals surface area contributed by atoms with Crippen molar-refractivity contribution >= 4 is 0 Å². The van der Waals surface area contributed by atoms with Gasteiger partial charge in [-0.1, -0.05) is 27.2 Å². The molecule has 1 atom stereocenters. The fourth-order valence-electron chi connectivity index (χ4n) is 1.97. The summed E-state index contributed by atoms with van der Waals surface area (Å²) in [6.07, 6.45) is 1.19. The van der Waals surface area contributed by atoms with Crippen LogP contribution in [-0.2, 0) is 0 Å². The van der Waals surface area contributed by atoms with E-state index < -0.39 is 5.92 Å². The fraction of sp³-hybridized carbons (Fsp3) is 1.00. The van der Waals surface area contributed by atoms with Crippen LogP contribution in [-0.4, -0.2) is 5.92 Å². The predicted molar refractivity (Wildman–Crippen MR) is 41.7 cm³/mol. The maximum atomic E-state index is 12.5. The first-order valence-electron chi connectivity index (χ1n) is 4.27. The van der Waals surface area contributed by atoms with Crippen molar-refractivity contribution in [3.8, 4) is 0 Å². The normalized spacial score (nSPS) is 29.2. The molecule has 0 heterocycles. The second-order valence-corrected chi connectivity index (χ2v) is 4.17. The van der Waals surface area contributed by atoms with E-state index in [1.807, 2.05) is 6.92 Å². The third-order valence-electron chi connectivity index (χ3n) is 3.13. The fourth-order valence-corrected chi connectivity index (χ4v) is 1.97. The van der Waals surface area contributed by atoms with Crippen LogP contribution in [0.2, 0.25) is 0 Å². The molecule has 66 valence electrons. The highest BCUT2D eigenvalue weighted by molar-refractivity contribution is 4.98. The third kappa shape index (κ3) is 1.54. The van der Waals surface area contributed by atoms with E-state index in [-0.39, 0.29) is 18.3 Å². The van der Waals surface area contributed by atoms with Crippen LogP contribution in [0, 0.1) is 11.3 Å². The lowest BCUT2D eigenvalue weighted by atomic mass is 9.60. The van der Waals surface area contributed by atoms with Crippen molar-refractivity contribution in [2.75, 3.05) is 0 Å².